The van der Waals surface area contributed by atoms with Crippen molar-refractivity contribution in [1.29, 1.82) is 0 Å². The van der Waals surface area contributed by atoms with Gasteiger partial charge in [-0.2, -0.15) is 0 Å². The fraction of sp³-hybridized carbons (Fsp3) is 0.100. The number of benzene rings is 3. The van der Waals surface area contributed by atoms with Crippen LogP contribution in [0.4, 0.5) is 10.1 Å². The predicted molar refractivity (Wildman–Crippen MR) is 103 cm³/mol. The Balaban J connectivity index is 1.68. The van der Waals surface area contributed by atoms with E-state index in [0.717, 1.165) is 14.3 Å². The van der Waals surface area contributed by atoms with Gasteiger partial charge in [-0.3, -0.25) is 0 Å². The van der Waals surface area contributed by atoms with Crippen molar-refractivity contribution in [3.8, 4) is 0 Å². The van der Waals surface area contributed by atoms with Crippen molar-refractivity contribution >= 4 is 39.6 Å². The number of nitrogens with zero attached hydrogens (tertiary/aromatic N) is 1. The molecule has 1 aliphatic heterocycles. The number of fused-ring (bicyclic) bond motifs is 1. The van der Waals surface area contributed by atoms with Crippen LogP contribution in [-0.2, 0) is 16.4 Å². The number of sulfonamides is 1. The third-order valence-electron chi connectivity index (χ3n) is 4.21. The molecule has 0 radical (unpaired) electrons. The molecule has 1 atom stereocenters. The Labute approximate surface area is 158 Å². The van der Waals surface area contributed by atoms with E-state index in [0.29, 0.717) is 5.69 Å². The fourth-order valence-corrected chi connectivity index (χ4v) is 6.46. The van der Waals surface area contributed by atoms with Gasteiger partial charge in [0.1, 0.15) is 0 Å². The van der Waals surface area contributed by atoms with Gasteiger partial charge in [-0.25, -0.2) is 0 Å². The van der Waals surface area contributed by atoms with Crippen molar-refractivity contribution in [2.24, 2.45) is 0 Å². The van der Waals surface area contributed by atoms with Gasteiger partial charge in [-0.1, -0.05) is 0 Å². The standard InChI is InChI=1S/C20H16FNO2SSe/c21-20-14-15-13-18(26-17-9-5-2-6-10-17)11-12-19(15)22(20)25(23,24)16-7-3-1-4-8-16/h1-13,20H,14H2. The van der Waals surface area contributed by atoms with Gasteiger partial charge in [0.25, 0.3) is 0 Å². The third kappa shape index (κ3) is 3.16. The van der Waals surface area contributed by atoms with E-state index in [2.05, 4.69) is 12.1 Å². The van der Waals surface area contributed by atoms with E-state index in [1.807, 2.05) is 30.3 Å². The number of hydrogen-bond donors (Lipinski definition) is 0. The summed E-state index contributed by atoms with van der Waals surface area (Å²) in [6.45, 7) is 0. The van der Waals surface area contributed by atoms with E-state index >= 15 is 0 Å². The fourth-order valence-electron chi connectivity index (χ4n) is 3.03. The predicted octanol–water partition coefficient (Wildman–Crippen LogP) is 2.39. The maximum absolute atomic E-state index is 14.7. The summed E-state index contributed by atoms with van der Waals surface area (Å²) in [5, 5.41) is 0. The van der Waals surface area contributed by atoms with Gasteiger partial charge in [0, 0.05) is 0 Å². The van der Waals surface area contributed by atoms with Gasteiger partial charge in [-0.05, 0) is 0 Å². The van der Waals surface area contributed by atoms with E-state index in [9.17, 15) is 12.8 Å². The summed E-state index contributed by atoms with van der Waals surface area (Å²) in [6.07, 6.45) is -1.49. The van der Waals surface area contributed by atoms with Crippen LogP contribution in [0.25, 0.3) is 0 Å². The van der Waals surface area contributed by atoms with Gasteiger partial charge < -0.3 is 0 Å². The molecule has 6 heteroatoms. The van der Waals surface area contributed by atoms with Crippen molar-refractivity contribution in [3.05, 3.63) is 84.4 Å². The van der Waals surface area contributed by atoms with Crippen molar-refractivity contribution in [3.63, 3.8) is 0 Å². The molecule has 0 aliphatic carbocycles. The van der Waals surface area contributed by atoms with Gasteiger partial charge in [0.15, 0.2) is 0 Å². The van der Waals surface area contributed by atoms with E-state index in [1.54, 1.807) is 24.3 Å². The molecule has 0 saturated heterocycles. The second kappa shape index (κ2) is 6.88. The number of hydrogen-bond acceptors (Lipinski definition) is 2. The molecule has 0 N–H and O–H groups in total. The van der Waals surface area contributed by atoms with Crippen LogP contribution in [0.15, 0.2) is 83.8 Å². The molecule has 0 fully saturated rings. The average Bonchev–Trinajstić information content (AvgIpc) is 2.99. The summed E-state index contributed by atoms with van der Waals surface area (Å²) in [5.41, 5.74) is 1.18. The molecule has 0 saturated carbocycles. The second-order valence-corrected chi connectivity index (χ2v) is 10.2. The molecule has 26 heavy (non-hydrogen) atoms. The molecule has 0 amide bonds. The number of alkyl halides is 1. The zero-order valence-electron chi connectivity index (χ0n) is 13.7. The van der Waals surface area contributed by atoms with Crippen molar-refractivity contribution in [1.82, 2.24) is 0 Å². The molecule has 3 aromatic rings. The Morgan fingerprint density at radius 2 is 1.54 bits per heavy atom. The Morgan fingerprint density at radius 1 is 0.885 bits per heavy atom. The Morgan fingerprint density at radius 3 is 2.23 bits per heavy atom. The quantitative estimate of drug-likeness (QED) is 0.469. The van der Waals surface area contributed by atoms with Crippen molar-refractivity contribution in [2.75, 3.05) is 4.31 Å². The molecule has 1 heterocycles. The van der Waals surface area contributed by atoms with Crippen LogP contribution in [0, 0.1) is 0 Å². The minimum atomic E-state index is -3.91. The van der Waals surface area contributed by atoms with E-state index in [1.165, 1.54) is 16.6 Å². The summed E-state index contributed by atoms with van der Waals surface area (Å²) in [5.74, 6) is 0. The van der Waals surface area contributed by atoms with E-state index < -0.39 is 16.3 Å². The van der Waals surface area contributed by atoms with E-state index in [-0.39, 0.29) is 26.3 Å². The molecule has 3 aromatic carbocycles. The van der Waals surface area contributed by atoms with Crippen molar-refractivity contribution in [2.45, 2.75) is 17.6 Å². The topological polar surface area (TPSA) is 37.4 Å². The van der Waals surface area contributed by atoms with Crippen molar-refractivity contribution < 1.29 is 12.8 Å². The normalized spacial score (nSPS) is 16.5. The number of halogens is 1. The zero-order valence-corrected chi connectivity index (χ0v) is 16.3. The summed E-state index contributed by atoms with van der Waals surface area (Å²) < 4.78 is 43.7. The summed E-state index contributed by atoms with van der Waals surface area (Å²) in [6, 6.07) is 23.7. The number of anilines is 1. The first kappa shape index (κ1) is 17.3. The molecular formula is C20H16FNO2SSe. The molecule has 0 aromatic heterocycles. The van der Waals surface area contributed by atoms with Crippen LogP contribution in [0.5, 0.6) is 0 Å². The zero-order chi connectivity index (χ0) is 18.1. The molecular weight excluding hydrogens is 416 g/mol. The van der Waals surface area contributed by atoms with E-state index in [4.69, 9.17) is 0 Å². The summed E-state index contributed by atoms with van der Waals surface area (Å²) >= 11 is 0.105. The molecule has 1 unspecified atom stereocenters. The monoisotopic (exact) mass is 433 g/mol. The Hall–Kier alpha value is -2.14. The molecule has 0 bridgehead atoms. The minimum absolute atomic E-state index is 0.0834. The maximum atomic E-state index is 14.7. The average molecular weight is 432 g/mol. The van der Waals surface area contributed by atoms with Crippen LogP contribution in [0.2, 0.25) is 0 Å². The third-order valence-corrected chi connectivity index (χ3v) is 8.11. The van der Waals surface area contributed by atoms with Gasteiger partial charge in [0.2, 0.25) is 0 Å². The first-order valence-corrected chi connectivity index (χ1v) is 11.3. The first-order chi connectivity index (χ1) is 12.6. The molecule has 0 spiro atoms. The molecule has 3 nitrogen and oxygen atoms in total. The van der Waals surface area contributed by atoms with Gasteiger partial charge in [0.05, 0.1) is 0 Å². The van der Waals surface area contributed by atoms with Crippen LogP contribution in [0.3, 0.4) is 0 Å². The van der Waals surface area contributed by atoms with Gasteiger partial charge >= 0.3 is 159 Å². The van der Waals surface area contributed by atoms with Gasteiger partial charge in [-0.15, -0.1) is 0 Å². The molecule has 1 aliphatic rings. The Kier molecular flexibility index (Phi) is 4.57. The molecule has 132 valence electrons. The number of rotatable bonds is 4. The molecule has 4 rings (SSSR count). The Bertz CT molecular complexity index is 1030. The SMILES string of the molecule is O=S(=O)(c1ccccc1)N1c2ccc([Se]c3ccccc3)cc2CC1F. The summed E-state index contributed by atoms with van der Waals surface area (Å²) in [7, 11) is -3.91. The first-order valence-electron chi connectivity index (χ1n) is 8.15. The van der Waals surface area contributed by atoms with Crippen LogP contribution >= 0.6 is 0 Å². The van der Waals surface area contributed by atoms with Crippen LogP contribution in [0.1, 0.15) is 5.56 Å². The second-order valence-electron chi connectivity index (χ2n) is 5.96. The summed E-state index contributed by atoms with van der Waals surface area (Å²) in [4.78, 5) is 0.105. The van der Waals surface area contributed by atoms with Crippen LogP contribution in [-0.4, -0.2) is 29.7 Å². The van der Waals surface area contributed by atoms with Crippen LogP contribution < -0.4 is 13.2 Å².